The van der Waals surface area contributed by atoms with Gasteiger partial charge in [0.15, 0.2) is 0 Å². The summed E-state index contributed by atoms with van der Waals surface area (Å²) in [6.07, 6.45) is 0. The molecule has 0 radical (unpaired) electrons. The number of hydrogen-bond donors (Lipinski definition) is 1. The van der Waals surface area contributed by atoms with Gasteiger partial charge in [-0.2, -0.15) is 0 Å². The minimum Gasteiger partial charge on any atom is -0.345 e. The molecule has 0 saturated carbocycles. The molecule has 3 rings (SSSR count). The molecular weight excluding hydrogens is 302 g/mol. The van der Waals surface area contributed by atoms with Crippen molar-refractivity contribution in [1.82, 2.24) is 9.80 Å². The van der Waals surface area contributed by atoms with Gasteiger partial charge in [-0.05, 0) is 23.8 Å². The summed E-state index contributed by atoms with van der Waals surface area (Å²) in [6, 6.07) is 14.7. The molecule has 0 aliphatic carbocycles. The van der Waals surface area contributed by atoms with E-state index in [-0.39, 0.29) is 11.9 Å². The third kappa shape index (κ3) is 2.88. The van der Waals surface area contributed by atoms with Crippen molar-refractivity contribution in [3.63, 3.8) is 0 Å². The first kappa shape index (κ1) is 15.8. The smallest absolute Gasteiger partial charge is 0.326 e. The Morgan fingerprint density at radius 3 is 2.46 bits per heavy atom. The van der Waals surface area contributed by atoms with Crippen molar-refractivity contribution in [1.29, 1.82) is 0 Å². The van der Waals surface area contributed by atoms with Crippen molar-refractivity contribution in [3.05, 3.63) is 71.8 Å². The Morgan fingerprint density at radius 2 is 1.79 bits per heavy atom. The zero-order valence-electron chi connectivity index (χ0n) is 13.7. The van der Waals surface area contributed by atoms with E-state index in [0.29, 0.717) is 17.8 Å². The fraction of sp³-hybridized carbons (Fsp3) is 0.158. The molecule has 1 aliphatic rings. The van der Waals surface area contributed by atoms with E-state index in [2.05, 4.69) is 11.9 Å². The number of urea groups is 1. The van der Waals surface area contributed by atoms with Gasteiger partial charge in [0.1, 0.15) is 0 Å². The number of benzene rings is 2. The second kappa shape index (κ2) is 6.20. The Kier molecular flexibility index (Phi) is 4.08. The molecule has 1 aliphatic heterocycles. The minimum absolute atomic E-state index is 0.0457. The van der Waals surface area contributed by atoms with Gasteiger partial charge >= 0.3 is 6.03 Å². The normalized spacial score (nSPS) is 13.3. The highest BCUT2D eigenvalue weighted by Gasteiger charge is 2.25. The van der Waals surface area contributed by atoms with Crippen molar-refractivity contribution >= 4 is 23.3 Å². The average Bonchev–Trinajstić information content (AvgIpc) is 2.58. The topological polar surface area (TPSA) is 52.7 Å². The standard InChI is InChI=1S/C19H19N3O2/c1-13-16-6-4-5-7-17(16)20-19(24)22(13)12-14-8-10-15(11-9-14)18(23)21(2)3/h4-11H,1,12H2,2-3H3,(H,20,24). The van der Waals surface area contributed by atoms with Crippen LogP contribution in [-0.2, 0) is 6.54 Å². The molecule has 1 heterocycles. The number of rotatable bonds is 3. The van der Waals surface area contributed by atoms with E-state index in [1.54, 1.807) is 31.1 Å². The Bertz CT molecular complexity index is 810. The van der Waals surface area contributed by atoms with Crippen LogP contribution in [0.25, 0.3) is 5.70 Å². The van der Waals surface area contributed by atoms with Crippen molar-refractivity contribution < 1.29 is 9.59 Å². The van der Waals surface area contributed by atoms with E-state index in [9.17, 15) is 9.59 Å². The van der Waals surface area contributed by atoms with Gasteiger partial charge in [-0.1, -0.05) is 36.9 Å². The summed E-state index contributed by atoms with van der Waals surface area (Å²) in [4.78, 5) is 27.4. The maximum absolute atomic E-state index is 12.3. The van der Waals surface area contributed by atoms with Crippen molar-refractivity contribution in [2.24, 2.45) is 0 Å². The van der Waals surface area contributed by atoms with Crippen molar-refractivity contribution in [2.75, 3.05) is 19.4 Å². The third-order valence-corrected chi connectivity index (χ3v) is 4.00. The maximum atomic E-state index is 12.3. The molecule has 24 heavy (non-hydrogen) atoms. The van der Waals surface area contributed by atoms with Gasteiger partial charge in [-0.15, -0.1) is 0 Å². The molecule has 0 bridgehead atoms. The predicted molar refractivity (Wildman–Crippen MR) is 94.5 cm³/mol. The number of anilines is 1. The van der Waals surface area contributed by atoms with Gasteiger partial charge in [0.05, 0.1) is 12.2 Å². The number of hydrogen-bond acceptors (Lipinski definition) is 2. The van der Waals surface area contributed by atoms with Gasteiger partial charge in [0.25, 0.3) is 5.91 Å². The first-order valence-electron chi connectivity index (χ1n) is 7.65. The Labute approximate surface area is 141 Å². The van der Waals surface area contributed by atoms with Crippen LogP contribution in [0.5, 0.6) is 0 Å². The van der Waals surface area contributed by atoms with E-state index in [1.807, 2.05) is 36.4 Å². The molecule has 0 spiro atoms. The molecule has 0 unspecified atom stereocenters. The van der Waals surface area contributed by atoms with Crippen molar-refractivity contribution in [3.8, 4) is 0 Å². The molecule has 5 heteroatoms. The lowest BCUT2D eigenvalue weighted by Crippen LogP contribution is -2.36. The highest BCUT2D eigenvalue weighted by atomic mass is 16.2. The number of carbonyl (C=O) groups is 2. The van der Waals surface area contributed by atoms with Gasteiger partial charge in [-0.25, -0.2) is 4.79 Å². The van der Waals surface area contributed by atoms with Crippen LogP contribution in [0.2, 0.25) is 0 Å². The monoisotopic (exact) mass is 321 g/mol. The number of carbonyl (C=O) groups excluding carboxylic acids is 2. The molecule has 2 aromatic rings. The molecule has 0 fully saturated rings. The SMILES string of the molecule is C=C1c2ccccc2NC(=O)N1Cc1ccc(C(=O)N(C)C)cc1. The fourth-order valence-electron chi connectivity index (χ4n) is 2.66. The lowest BCUT2D eigenvalue weighted by atomic mass is 10.1. The summed E-state index contributed by atoms with van der Waals surface area (Å²) in [5, 5.41) is 2.87. The number of para-hydroxylation sites is 1. The maximum Gasteiger partial charge on any atom is 0.326 e. The summed E-state index contributed by atoms with van der Waals surface area (Å²) in [5.41, 5.74) is 3.91. The largest absolute Gasteiger partial charge is 0.345 e. The lowest BCUT2D eigenvalue weighted by molar-refractivity contribution is 0.0827. The molecular formula is C19H19N3O2. The van der Waals surface area contributed by atoms with Crippen molar-refractivity contribution in [2.45, 2.75) is 6.54 Å². The number of nitrogens with zero attached hydrogens (tertiary/aromatic N) is 2. The second-order valence-corrected chi connectivity index (χ2v) is 5.91. The third-order valence-electron chi connectivity index (χ3n) is 4.00. The molecule has 5 nitrogen and oxygen atoms in total. The van der Waals surface area contributed by atoms with Gasteiger partial charge < -0.3 is 10.2 Å². The van der Waals surface area contributed by atoms with Crippen LogP contribution >= 0.6 is 0 Å². The average molecular weight is 321 g/mol. The van der Waals surface area contributed by atoms with E-state index in [0.717, 1.165) is 16.8 Å². The predicted octanol–water partition coefficient (Wildman–Crippen LogP) is 3.41. The summed E-state index contributed by atoms with van der Waals surface area (Å²) >= 11 is 0. The van der Waals surface area contributed by atoms with Crippen LogP contribution in [0, 0.1) is 0 Å². The molecule has 0 atom stereocenters. The Balaban J connectivity index is 1.80. The quantitative estimate of drug-likeness (QED) is 0.942. The molecule has 0 saturated heterocycles. The molecule has 2 aromatic carbocycles. The number of fused-ring (bicyclic) bond motifs is 1. The van der Waals surface area contributed by atoms with Crippen LogP contribution in [0.4, 0.5) is 10.5 Å². The zero-order valence-corrected chi connectivity index (χ0v) is 13.7. The molecule has 0 aromatic heterocycles. The highest BCUT2D eigenvalue weighted by molar-refractivity contribution is 6.02. The van der Waals surface area contributed by atoms with E-state index in [1.165, 1.54) is 4.90 Å². The van der Waals surface area contributed by atoms with Gasteiger partial charge in [-0.3, -0.25) is 9.69 Å². The number of amides is 3. The van der Waals surface area contributed by atoms with Crippen LogP contribution < -0.4 is 5.32 Å². The highest BCUT2D eigenvalue weighted by Crippen LogP contribution is 2.31. The van der Waals surface area contributed by atoms with Crippen LogP contribution in [0.1, 0.15) is 21.5 Å². The second-order valence-electron chi connectivity index (χ2n) is 5.91. The summed E-state index contributed by atoms with van der Waals surface area (Å²) in [6.45, 7) is 4.46. The molecule has 122 valence electrons. The Morgan fingerprint density at radius 1 is 1.12 bits per heavy atom. The summed E-state index contributed by atoms with van der Waals surface area (Å²) in [7, 11) is 3.44. The van der Waals surface area contributed by atoms with Gasteiger partial charge in [0.2, 0.25) is 0 Å². The fourth-order valence-corrected chi connectivity index (χ4v) is 2.66. The van der Waals surface area contributed by atoms with Gasteiger partial charge in [0, 0.05) is 30.9 Å². The first-order chi connectivity index (χ1) is 11.5. The molecule has 1 N–H and O–H groups in total. The van der Waals surface area contributed by atoms with E-state index >= 15 is 0 Å². The Hall–Kier alpha value is -3.08. The minimum atomic E-state index is -0.202. The molecule has 3 amide bonds. The first-order valence-corrected chi connectivity index (χ1v) is 7.65. The lowest BCUT2D eigenvalue weighted by Gasteiger charge is -2.31. The van der Waals surface area contributed by atoms with Crippen LogP contribution in [0.15, 0.2) is 55.1 Å². The van der Waals surface area contributed by atoms with E-state index in [4.69, 9.17) is 0 Å². The summed E-state index contributed by atoms with van der Waals surface area (Å²) in [5.74, 6) is -0.0457. The zero-order chi connectivity index (χ0) is 17.3. The summed E-state index contributed by atoms with van der Waals surface area (Å²) < 4.78 is 0. The van der Waals surface area contributed by atoms with Crippen LogP contribution in [-0.4, -0.2) is 35.8 Å². The van der Waals surface area contributed by atoms with E-state index < -0.39 is 0 Å². The van der Waals surface area contributed by atoms with Crippen LogP contribution in [0.3, 0.4) is 0 Å². The number of nitrogens with one attached hydrogen (secondary N) is 1.